The molecule has 0 aliphatic carbocycles. The molecule has 2 aromatic carbocycles. The van der Waals surface area contributed by atoms with E-state index in [1.54, 1.807) is 18.2 Å². The van der Waals surface area contributed by atoms with Gasteiger partial charge in [-0.2, -0.15) is 0 Å². The molecule has 5 amide bonds. The van der Waals surface area contributed by atoms with Crippen LogP contribution in [0.15, 0.2) is 66.7 Å². The van der Waals surface area contributed by atoms with Crippen molar-refractivity contribution in [2.75, 3.05) is 0 Å². The second-order valence-electron chi connectivity index (χ2n) is 10.7. The number of aromatic nitrogens is 1. The number of epoxide rings is 1. The minimum absolute atomic E-state index is 0.0453. The maximum Gasteiger partial charge on any atom is 0.326 e. The summed E-state index contributed by atoms with van der Waals surface area (Å²) in [5.74, 6) is -4.81. The fourth-order valence-electron chi connectivity index (χ4n) is 4.89. The second-order valence-corrected chi connectivity index (χ2v) is 10.7. The zero-order valence-electron chi connectivity index (χ0n) is 24.2. The van der Waals surface area contributed by atoms with Gasteiger partial charge in [-0.25, -0.2) is 9.78 Å². The Morgan fingerprint density at radius 2 is 1.56 bits per heavy atom. The maximum absolute atomic E-state index is 13.5. The van der Waals surface area contributed by atoms with Crippen LogP contribution in [0, 0.1) is 0 Å². The molecule has 1 aliphatic heterocycles. The largest absolute Gasteiger partial charge is 0.480 e. The van der Waals surface area contributed by atoms with Crippen LogP contribution in [-0.4, -0.2) is 75.9 Å². The molecule has 0 saturated carbocycles. The van der Waals surface area contributed by atoms with E-state index in [1.807, 2.05) is 42.5 Å². The third kappa shape index (κ3) is 9.56. The number of primary amides is 2. The van der Waals surface area contributed by atoms with E-state index >= 15 is 0 Å². The van der Waals surface area contributed by atoms with Gasteiger partial charge in [0.1, 0.15) is 23.9 Å². The Bertz CT molecular complexity index is 1580. The molecule has 8 N–H and O–H groups in total. The van der Waals surface area contributed by atoms with E-state index in [-0.39, 0.29) is 31.4 Å². The Morgan fingerprint density at radius 1 is 0.844 bits per heavy atom. The highest BCUT2D eigenvalue weighted by molar-refractivity contribution is 5.99. The van der Waals surface area contributed by atoms with Crippen molar-refractivity contribution in [2.24, 2.45) is 11.5 Å². The molecule has 3 unspecified atom stereocenters. The van der Waals surface area contributed by atoms with Gasteiger partial charge in [-0.05, 0) is 30.5 Å². The number of nitrogens with zero attached hydrogens (tertiary/aromatic N) is 1. The molecule has 14 heteroatoms. The summed E-state index contributed by atoms with van der Waals surface area (Å²) in [4.78, 5) is 77.9. The van der Waals surface area contributed by atoms with E-state index in [2.05, 4.69) is 20.9 Å². The van der Waals surface area contributed by atoms with Crippen LogP contribution in [0.25, 0.3) is 10.9 Å². The number of hydrogen-bond acceptors (Lipinski definition) is 8. The second kappa shape index (κ2) is 14.9. The minimum atomic E-state index is -1.33. The summed E-state index contributed by atoms with van der Waals surface area (Å²) in [7, 11) is 0. The number of carboxylic acid groups (broad SMARTS) is 1. The van der Waals surface area contributed by atoms with E-state index in [0.717, 1.165) is 10.9 Å². The lowest BCUT2D eigenvalue weighted by atomic mass is 9.99. The number of benzene rings is 2. The Hall–Kier alpha value is -5.37. The summed E-state index contributed by atoms with van der Waals surface area (Å²) in [6.45, 7) is 0. The van der Waals surface area contributed by atoms with E-state index in [9.17, 15) is 33.9 Å². The number of carbonyl (C=O) groups excluding carboxylic acids is 5. The van der Waals surface area contributed by atoms with E-state index in [4.69, 9.17) is 16.2 Å². The van der Waals surface area contributed by atoms with Crippen LogP contribution < -0.4 is 27.4 Å². The van der Waals surface area contributed by atoms with Crippen LogP contribution in [0.1, 0.15) is 41.7 Å². The van der Waals surface area contributed by atoms with Crippen LogP contribution >= 0.6 is 0 Å². The van der Waals surface area contributed by atoms with Crippen molar-refractivity contribution >= 4 is 46.4 Å². The van der Waals surface area contributed by atoms with Crippen LogP contribution in [0.3, 0.4) is 0 Å². The molecular weight excluding hydrogens is 584 g/mol. The lowest BCUT2D eigenvalue weighted by Crippen LogP contribution is -2.53. The quantitative estimate of drug-likeness (QED) is 0.118. The number of fused-ring (bicyclic) bond motifs is 1. The van der Waals surface area contributed by atoms with Gasteiger partial charge in [0.05, 0.1) is 30.5 Å². The molecule has 5 atom stereocenters. The zero-order valence-corrected chi connectivity index (χ0v) is 24.2. The predicted octanol–water partition coefficient (Wildman–Crippen LogP) is -0.0715. The molecule has 1 saturated heterocycles. The van der Waals surface area contributed by atoms with Crippen molar-refractivity contribution in [1.29, 1.82) is 0 Å². The molecule has 0 spiro atoms. The fraction of sp³-hybridized carbons (Fsp3) is 0.323. The van der Waals surface area contributed by atoms with Crippen molar-refractivity contribution in [3.63, 3.8) is 0 Å². The van der Waals surface area contributed by atoms with Gasteiger partial charge in [-0.3, -0.25) is 24.0 Å². The first kappa shape index (κ1) is 32.5. The molecule has 0 radical (unpaired) electrons. The monoisotopic (exact) mass is 618 g/mol. The molecule has 0 bridgehead atoms. The van der Waals surface area contributed by atoms with Gasteiger partial charge in [0, 0.05) is 11.8 Å². The Kier molecular flexibility index (Phi) is 10.8. The number of nitrogens with two attached hydrogens (primary N) is 2. The van der Waals surface area contributed by atoms with Crippen molar-refractivity contribution in [3.8, 4) is 0 Å². The molecule has 1 aromatic heterocycles. The molecule has 1 aliphatic rings. The number of aliphatic carboxylic acids is 1. The molecule has 1 fully saturated rings. The number of ether oxygens (including phenoxy) is 1. The van der Waals surface area contributed by atoms with Gasteiger partial charge in [-0.15, -0.1) is 0 Å². The lowest BCUT2D eigenvalue weighted by molar-refractivity contribution is -0.142. The Morgan fingerprint density at radius 3 is 2.24 bits per heavy atom. The lowest BCUT2D eigenvalue weighted by Gasteiger charge is -2.22. The average Bonchev–Trinajstić information content (AvgIpc) is 3.77. The van der Waals surface area contributed by atoms with Crippen molar-refractivity contribution in [2.45, 2.75) is 62.4 Å². The van der Waals surface area contributed by atoms with E-state index in [1.165, 1.54) is 6.07 Å². The summed E-state index contributed by atoms with van der Waals surface area (Å²) < 4.78 is 5.73. The molecule has 236 valence electrons. The van der Waals surface area contributed by atoms with Gasteiger partial charge in [-0.1, -0.05) is 54.6 Å². The number of nitrogens with one attached hydrogen (secondary N) is 3. The highest BCUT2D eigenvalue weighted by Gasteiger charge is 2.47. The highest BCUT2D eigenvalue weighted by atomic mass is 16.6. The third-order valence-corrected chi connectivity index (χ3v) is 7.20. The van der Waals surface area contributed by atoms with Gasteiger partial charge in [0.25, 0.3) is 5.91 Å². The number of hydrogen-bond donors (Lipinski definition) is 6. The third-order valence-electron chi connectivity index (χ3n) is 7.20. The number of carbonyl (C=O) groups is 6. The van der Waals surface area contributed by atoms with Crippen LogP contribution in [0.2, 0.25) is 0 Å². The maximum atomic E-state index is 13.5. The number of para-hydroxylation sites is 1. The smallest absolute Gasteiger partial charge is 0.326 e. The van der Waals surface area contributed by atoms with Crippen molar-refractivity contribution in [3.05, 3.63) is 78.0 Å². The summed E-state index contributed by atoms with van der Waals surface area (Å²) in [5, 5.41) is 17.9. The molecule has 3 aromatic rings. The van der Waals surface area contributed by atoms with Crippen molar-refractivity contribution in [1.82, 2.24) is 20.9 Å². The summed E-state index contributed by atoms with van der Waals surface area (Å²) >= 11 is 0. The first-order valence-electron chi connectivity index (χ1n) is 14.3. The van der Waals surface area contributed by atoms with Crippen LogP contribution in [0.5, 0.6) is 0 Å². The minimum Gasteiger partial charge on any atom is -0.480 e. The fourth-order valence-corrected chi connectivity index (χ4v) is 4.89. The van der Waals surface area contributed by atoms with Gasteiger partial charge in [0.2, 0.25) is 23.6 Å². The summed E-state index contributed by atoms with van der Waals surface area (Å²) in [6, 6.07) is 16.2. The van der Waals surface area contributed by atoms with Crippen LogP contribution in [-0.2, 0) is 35.1 Å². The molecular formula is C31H34N6O8. The van der Waals surface area contributed by atoms with Crippen molar-refractivity contribution < 1.29 is 38.6 Å². The first-order valence-corrected chi connectivity index (χ1v) is 14.3. The Balaban J connectivity index is 1.44. The number of amides is 5. The predicted molar refractivity (Wildman–Crippen MR) is 160 cm³/mol. The van der Waals surface area contributed by atoms with Gasteiger partial charge >= 0.3 is 5.97 Å². The number of carboxylic acids is 1. The average molecular weight is 619 g/mol. The standard InChI is InChI=1S/C31H34N6O8/c32-25(38)13-12-21(31(43)44)35-27(40)16-24-28(45-24)22(14-17-6-2-1-3-7-17)36-30(42)23(15-26(33)39)37-29(41)20-11-10-18-8-4-5-9-19(18)34-20/h1-11,21-24,28H,12-16H2,(H2,32,38)(H2,33,39)(H,35,40)(H,36,42)(H,37,41)(H,43,44)/t21-,22?,23+,24?,28?/m0/s1. The molecule has 14 nitrogen and oxygen atoms in total. The first-order chi connectivity index (χ1) is 21.5. The SMILES string of the molecule is NC(=O)CC[C@H](NC(=O)CC1OC1C(Cc1ccccc1)NC(=O)[C@@H](CC(N)=O)NC(=O)c1ccc2ccccc2n1)C(=O)O. The van der Waals surface area contributed by atoms with E-state index < -0.39 is 72.3 Å². The molecule has 2 heterocycles. The topological polar surface area (TPSA) is 236 Å². The summed E-state index contributed by atoms with van der Waals surface area (Å²) in [6.07, 6.45) is -2.08. The Labute approximate surface area is 257 Å². The van der Waals surface area contributed by atoms with E-state index in [0.29, 0.717) is 5.52 Å². The van der Waals surface area contributed by atoms with Gasteiger partial charge in [0.15, 0.2) is 0 Å². The zero-order chi connectivity index (χ0) is 32.5. The van der Waals surface area contributed by atoms with Gasteiger partial charge < -0.3 is 37.3 Å². The molecule has 4 rings (SSSR count). The normalized spacial score (nSPS) is 17.3. The number of rotatable bonds is 16. The van der Waals surface area contributed by atoms with Crippen LogP contribution in [0.4, 0.5) is 0 Å². The number of pyridine rings is 1. The molecule has 45 heavy (non-hydrogen) atoms. The highest BCUT2D eigenvalue weighted by Crippen LogP contribution is 2.30. The summed E-state index contributed by atoms with van der Waals surface area (Å²) in [5.41, 5.74) is 12.0.